The molecule has 134 valence electrons. The highest BCUT2D eigenvalue weighted by atomic mass is 79.9. The third-order valence-corrected chi connectivity index (χ3v) is 8.26. The van der Waals surface area contributed by atoms with Crippen LogP contribution in [0, 0.1) is 13.8 Å². The van der Waals surface area contributed by atoms with Gasteiger partial charge in [0.1, 0.15) is 10.3 Å². The Bertz CT molecular complexity index is 908. The standard InChI is InChI=1S/C17H19BrN2O3S2/c1-11-5-6-13(12(2)10-11)19-17(21)14-4-3-9-20(14)25(22,23)16-8-7-15(18)24-16/h5-8,10,14H,3-4,9H2,1-2H3,(H,19,21)/t14-/m0/s1. The molecule has 1 aromatic heterocycles. The van der Waals surface area contributed by atoms with Crippen molar-refractivity contribution in [3.05, 3.63) is 45.2 Å². The minimum absolute atomic E-state index is 0.255. The number of thiophene rings is 1. The Morgan fingerprint density at radius 3 is 2.68 bits per heavy atom. The maximum atomic E-state index is 12.9. The third kappa shape index (κ3) is 3.81. The Hall–Kier alpha value is -1.22. The maximum Gasteiger partial charge on any atom is 0.253 e. The topological polar surface area (TPSA) is 66.5 Å². The second kappa shape index (κ2) is 7.19. The Labute approximate surface area is 160 Å². The highest BCUT2D eigenvalue weighted by Gasteiger charge is 2.40. The molecule has 1 aromatic carbocycles. The van der Waals surface area contributed by atoms with Crippen molar-refractivity contribution < 1.29 is 13.2 Å². The largest absolute Gasteiger partial charge is 0.324 e. The number of hydrogen-bond donors (Lipinski definition) is 1. The maximum absolute atomic E-state index is 12.9. The van der Waals surface area contributed by atoms with Crippen LogP contribution in [0.4, 0.5) is 5.69 Å². The number of anilines is 1. The van der Waals surface area contributed by atoms with Crippen molar-refractivity contribution in [3.8, 4) is 0 Å². The molecule has 1 fully saturated rings. The summed E-state index contributed by atoms with van der Waals surface area (Å²) in [6, 6.07) is 8.37. The Morgan fingerprint density at radius 2 is 2.04 bits per heavy atom. The van der Waals surface area contributed by atoms with E-state index in [0.29, 0.717) is 19.4 Å². The van der Waals surface area contributed by atoms with Gasteiger partial charge in [0.25, 0.3) is 10.0 Å². The van der Waals surface area contributed by atoms with Crippen LogP contribution in [0.2, 0.25) is 0 Å². The number of carbonyl (C=O) groups is 1. The van der Waals surface area contributed by atoms with Crippen molar-refractivity contribution in [1.82, 2.24) is 4.31 Å². The average Bonchev–Trinajstić information content (AvgIpc) is 3.19. The van der Waals surface area contributed by atoms with Gasteiger partial charge in [-0.2, -0.15) is 4.31 Å². The van der Waals surface area contributed by atoms with Gasteiger partial charge in [0.2, 0.25) is 5.91 Å². The highest BCUT2D eigenvalue weighted by Crippen LogP contribution is 2.32. The predicted molar refractivity (Wildman–Crippen MR) is 103 cm³/mol. The molecule has 1 atom stereocenters. The van der Waals surface area contributed by atoms with Gasteiger partial charge in [0.15, 0.2) is 0 Å². The second-order valence-electron chi connectivity index (χ2n) is 6.14. The first kappa shape index (κ1) is 18.6. The molecule has 1 aliphatic heterocycles. The number of hydrogen-bond acceptors (Lipinski definition) is 4. The summed E-state index contributed by atoms with van der Waals surface area (Å²) in [5.74, 6) is -0.274. The van der Waals surface area contributed by atoms with Gasteiger partial charge in [0.05, 0.1) is 3.79 Å². The number of amides is 1. The number of carbonyl (C=O) groups excluding carboxylic acids is 1. The molecule has 8 heteroatoms. The summed E-state index contributed by atoms with van der Waals surface area (Å²) in [7, 11) is -3.66. The second-order valence-corrected chi connectivity index (χ2v) is 10.7. The quantitative estimate of drug-likeness (QED) is 0.779. The summed E-state index contributed by atoms with van der Waals surface area (Å²) in [6.07, 6.45) is 1.21. The van der Waals surface area contributed by atoms with Crippen LogP contribution < -0.4 is 5.32 Å². The molecule has 3 rings (SSSR count). The number of sulfonamides is 1. The Kier molecular flexibility index (Phi) is 5.34. The first-order valence-corrected chi connectivity index (χ1v) is 11.0. The van der Waals surface area contributed by atoms with Crippen LogP contribution in [0.25, 0.3) is 0 Å². The molecule has 0 radical (unpaired) electrons. The van der Waals surface area contributed by atoms with E-state index in [-0.39, 0.29) is 10.1 Å². The Balaban J connectivity index is 1.82. The van der Waals surface area contributed by atoms with Gasteiger partial charge in [0, 0.05) is 12.2 Å². The van der Waals surface area contributed by atoms with E-state index in [1.807, 2.05) is 32.0 Å². The molecule has 1 saturated heterocycles. The fourth-order valence-corrected chi connectivity index (χ4v) is 6.81. The normalized spacial score (nSPS) is 18.4. The third-order valence-electron chi connectivity index (χ3n) is 4.26. The zero-order chi connectivity index (χ0) is 18.2. The lowest BCUT2D eigenvalue weighted by atomic mass is 10.1. The monoisotopic (exact) mass is 442 g/mol. The van der Waals surface area contributed by atoms with Gasteiger partial charge < -0.3 is 5.32 Å². The van der Waals surface area contributed by atoms with Gasteiger partial charge in [-0.1, -0.05) is 17.7 Å². The van der Waals surface area contributed by atoms with Crippen LogP contribution in [-0.4, -0.2) is 31.2 Å². The van der Waals surface area contributed by atoms with Crippen LogP contribution in [-0.2, 0) is 14.8 Å². The first-order valence-electron chi connectivity index (χ1n) is 7.94. The van der Waals surface area contributed by atoms with Gasteiger partial charge in [-0.3, -0.25) is 4.79 Å². The lowest BCUT2D eigenvalue weighted by molar-refractivity contribution is -0.119. The van der Waals surface area contributed by atoms with Crippen molar-refractivity contribution >= 4 is 48.9 Å². The van der Waals surface area contributed by atoms with E-state index >= 15 is 0 Å². The van der Waals surface area contributed by atoms with Crippen LogP contribution in [0.15, 0.2) is 38.3 Å². The summed E-state index contributed by atoms with van der Waals surface area (Å²) < 4.78 is 28.1. The van der Waals surface area contributed by atoms with E-state index in [1.165, 1.54) is 4.31 Å². The molecule has 0 bridgehead atoms. The van der Waals surface area contributed by atoms with Crippen LogP contribution in [0.3, 0.4) is 0 Å². The van der Waals surface area contributed by atoms with Crippen molar-refractivity contribution in [3.63, 3.8) is 0 Å². The number of aryl methyl sites for hydroxylation is 2. The average molecular weight is 443 g/mol. The van der Waals surface area contributed by atoms with E-state index in [0.717, 1.165) is 31.9 Å². The van der Waals surface area contributed by atoms with Gasteiger partial charge in [-0.15, -0.1) is 11.3 Å². The summed E-state index contributed by atoms with van der Waals surface area (Å²) in [6.45, 7) is 4.28. The van der Waals surface area contributed by atoms with Gasteiger partial charge in [-0.25, -0.2) is 8.42 Å². The predicted octanol–water partition coefficient (Wildman–Crippen LogP) is 3.92. The lowest BCUT2D eigenvalue weighted by Gasteiger charge is -2.23. The van der Waals surface area contributed by atoms with Crippen molar-refractivity contribution in [2.45, 2.75) is 36.9 Å². The highest BCUT2D eigenvalue weighted by molar-refractivity contribution is 9.11. The van der Waals surface area contributed by atoms with E-state index in [9.17, 15) is 13.2 Å². The summed E-state index contributed by atoms with van der Waals surface area (Å²) in [5.41, 5.74) is 2.80. The number of halogens is 1. The number of nitrogens with zero attached hydrogens (tertiary/aromatic N) is 1. The smallest absolute Gasteiger partial charge is 0.253 e. The molecule has 2 heterocycles. The molecular formula is C17H19BrN2O3S2. The lowest BCUT2D eigenvalue weighted by Crippen LogP contribution is -2.42. The minimum atomic E-state index is -3.66. The van der Waals surface area contributed by atoms with Crippen LogP contribution >= 0.6 is 27.3 Å². The minimum Gasteiger partial charge on any atom is -0.324 e. The Morgan fingerprint density at radius 1 is 1.28 bits per heavy atom. The van der Waals surface area contributed by atoms with Gasteiger partial charge >= 0.3 is 0 Å². The van der Waals surface area contributed by atoms with Crippen molar-refractivity contribution in [1.29, 1.82) is 0 Å². The molecule has 0 saturated carbocycles. The summed E-state index contributed by atoms with van der Waals surface area (Å²) in [4.78, 5) is 12.7. The molecule has 1 aliphatic rings. The molecule has 0 aliphatic carbocycles. The molecule has 1 N–H and O–H groups in total. The fraction of sp³-hybridized carbons (Fsp3) is 0.353. The molecule has 1 amide bonds. The summed E-state index contributed by atoms with van der Waals surface area (Å²) >= 11 is 4.45. The fourth-order valence-electron chi connectivity index (χ4n) is 3.01. The van der Waals surface area contributed by atoms with E-state index in [2.05, 4.69) is 21.2 Å². The molecule has 5 nitrogen and oxygen atoms in total. The van der Waals surface area contributed by atoms with Crippen LogP contribution in [0.1, 0.15) is 24.0 Å². The van der Waals surface area contributed by atoms with Crippen molar-refractivity contribution in [2.24, 2.45) is 0 Å². The molecule has 2 aromatic rings. The molecular weight excluding hydrogens is 424 g/mol. The molecule has 0 unspecified atom stereocenters. The SMILES string of the molecule is Cc1ccc(NC(=O)[C@@H]2CCCN2S(=O)(=O)c2ccc(Br)s2)c(C)c1. The van der Waals surface area contributed by atoms with Crippen molar-refractivity contribution in [2.75, 3.05) is 11.9 Å². The zero-order valence-electron chi connectivity index (χ0n) is 14.0. The zero-order valence-corrected chi connectivity index (χ0v) is 17.2. The van der Waals surface area contributed by atoms with E-state index < -0.39 is 16.1 Å². The van der Waals surface area contributed by atoms with E-state index in [1.54, 1.807) is 12.1 Å². The molecule has 25 heavy (non-hydrogen) atoms. The summed E-state index contributed by atoms with van der Waals surface area (Å²) in [5, 5.41) is 2.89. The first-order chi connectivity index (χ1) is 11.8. The van der Waals surface area contributed by atoms with E-state index in [4.69, 9.17) is 0 Å². The number of benzene rings is 1. The number of nitrogens with one attached hydrogen (secondary N) is 1. The van der Waals surface area contributed by atoms with Crippen LogP contribution in [0.5, 0.6) is 0 Å². The number of rotatable bonds is 4. The van der Waals surface area contributed by atoms with Gasteiger partial charge in [-0.05, 0) is 66.4 Å². The molecule has 0 spiro atoms.